The molecule has 1 aliphatic rings. The summed E-state index contributed by atoms with van der Waals surface area (Å²) in [7, 11) is 0. The second-order valence-electron chi connectivity index (χ2n) is 4.95. The van der Waals surface area contributed by atoms with Gasteiger partial charge in [0.15, 0.2) is 0 Å². The van der Waals surface area contributed by atoms with Crippen LogP contribution < -0.4 is 0 Å². The van der Waals surface area contributed by atoms with Gasteiger partial charge in [0.25, 0.3) is 0 Å². The van der Waals surface area contributed by atoms with Gasteiger partial charge in [-0.25, -0.2) is 0 Å². The SMILES string of the molecule is O=C(CSCc1ccc(Cl)s1)N(CCCO)C1CCC1. The van der Waals surface area contributed by atoms with Gasteiger partial charge in [0.05, 0.1) is 10.1 Å². The average Bonchev–Trinajstić information content (AvgIpc) is 2.77. The van der Waals surface area contributed by atoms with E-state index in [9.17, 15) is 4.79 Å². The van der Waals surface area contributed by atoms with Crippen molar-refractivity contribution in [3.8, 4) is 0 Å². The van der Waals surface area contributed by atoms with Gasteiger partial charge < -0.3 is 10.0 Å². The summed E-state index contributed by atoms with van der Waals surface area (Å²) in [6.45, 7) is 0.836. The van der Waals surface area contributed by atoms with E-state index in [0.29, 0.717) is 24.8 Å². The maximum atomic E-state index is 12.3. The van der Waals surface area contributed by atoms with Crippen LogP contribution >= 0.6 is 34.7 Å². The normalized spacial score (nSPS) is 15.1. The Labute approximate surface area is 133 Å². The topological polar surface area (TPSA) is 40.5 Å². The molecule has 3 nitrogen and oxygen atoms in total. The molecule has 0 radical (unpaired) electrons. The van der Waals surface area contributed by atoms with E-state index in [4.69, 9.17) is 16.7 Å². The van der Waals surface area contributed by atoms with Crippen LogP contribution in [0.3, 0.4) is 0 Å². The lowest BCUT2D eigenvalue weighted by molar-refractivity contribution is -0.132. The third-order valence-corrected chi connectivity index (χ3v) is 5.87. The van der Waals surface area contributed by atoms with Gasteiger partial charge in [-0.15, -0.1) is 23.1 Å². The van der Waals surface area contributed by atoms with E-state index in [1.54, 1.807) is 23.1 Å². The minimum Gasteiger partial charge on any atom is -0.396 e. The zero-order valence-electron chi connectivity index (χ0n) is 11.4. The number of thiophene rings is 1. The van der Waals surface area contributed by atoms with Crippen LogP contribution in [0.2, 0.25) is 4.34 Å². The molecule has 6 heteroatoms. The van der Waals surface area contributed by atoms with Crippen molar-refractivity contribution in [3.05, 3.63) is 21.3 Å². The average molecular weight is 334 g/mol. The monoisotopic (exact) mass is 333 g/mol. The lowest BCUT2D eigenvalue weighted by atomic mass is 9.91. The maximum absolute atomic E-state index is 12.3. The van der Waals surface area contributed by atoms with Crippen molar-refractivity contribution in [2.45, 2.75) is 37.5 Å². The minimum atomic E-state index is 0.150. The molecule has 0 aromatic carbocycles. The van der Waals surface area contributed by atoms with Gasteiger partial charge in [-0.05, 0) is 37.8 Å². The molecule has 1 amide bonds. The lowest BCUT2D eigenvalue weighted by Crippen LogP contribution is -2.45. The summed E-state index contributed by atoms with van der Waals surface area (Å²) in [4.78, 5) is 15.5. The summed E-state index contributed by atoms with van der Waals surface area (Å²) in [5.41, 5.74) is 0. The summed E-state index contributed by atoms with van der Waals surface area (Å²) in [6.07, 6.45) is 4.12. The second kappa shape index (κ2) is 8.27. The minimum absolute atomic E-state index is 0.150. The van der Waals surface area contributed by atoms with Gasteiger partial charge in [-0.2, -0.15) is 0 Å². The van der Waals surface area contributed by atoms with E-state index in [0.717, 1.165) is 22.9 Å². The number of carbonyl (C=O) groups is 1. The molecule has 0 aliphatic heterocycles. The van der Waals surface area contributed by atoms with Crippen LogP contribution in [0.4, 0.5) is 0 Å². The summed E-state index contributed by atoms with van der Waals surface area (Å²) < 4.78 is 0.797. The molecule has 0 saturated heterocycles. The van der Waals surface area contributed by atoms with Crippen molar-refractivity contribution in [1.29, 1.82) is 0 Å². The van der Waals surface area contributed by atoms with Crippen LogP contribution in [0.1, 0.15) is 30.6 Å². The van der Waals surface area contributed by atoms with Gasteiger partial charge in [-0.1, -0.05) is 11.6 Å². The number of hydrogen-bond acceptors (Lipinski definition) is 4. The molecule has 0 atom stereocenters. The summed E-state index contributed by atoms with van der Waals surface area (Å²) in [5.74, 6) is 1.55. The molecule has 20 heavy (non-hydrogen) atoms. The number of aliphatic hydroxyl groups excluding tert-OH is 1. The van der Waals surface area contributed by atoms with Crippen LogP contribution in [-0.2, 0) is 10.5 Å². The van der Waals surface area contributed by atoms with Crippen LogP contribution in [0, 0.1) is 0 Å². The van der Waals surface area contributed by atoms with Crippen LogP contribution in [0.15, 0.2) is 12.1 Å². The zero-order valence-corrected chi connectivity index (χ0v) is 13.8. The fourth-order valence-electron chi connectivity index (χ4n) is 2.20. The van der Waals surface area contributed by atoms with Crippen LogP contribution in [-0.4, -0.2) is 40.9 Å². The van der Waals surface area contributed by atoms with E-state index >= 15 is 0 Å². The Balaban J connectivity index is 1.75. The number of thioether (sulfide) groups is 1. The highest BCUT2D eigenvalue weighted by atomic mass is 35.5. The number of halogens is 1. The number of nitrogens with zero attached hydrogens (tertiary/aromatic N) is 1. The quantitative estimate of drug-likeness (QED) is 0.792. The van der Waals surface area contributed by atoms with Crippen LogP contribution in [0.25, 0.3) is 0 Å². The standard InChI is InChI=1S/C14H20ClNO2S2/c15-13-6-5-12(20-13)9-19-10-14(18)16(7-2-8-17)11-3-1-4-11/h5-6,11,17H,1-4,7-10H2. The van der Waals surface area contributed by atoms with Crippen molar-refractivity contribution in [3.63, 3.8) is 0 Å². The predicted octanol–water partition coefficient (Wildman–Crippen LogP) is 3.40. The Kier molecular flexibility index (Phi) is 6.68. The van der Waals surface area contributed by atoms with E-state index < -0.39 is 0 Å². The first-order valence-corrected chi connectivity index (χ1v) is 9.28. The third-order valence-electron chi connectivity index (χ3n) is 3.49. The highest BCUT2D eigenvalue weighted by Gasteiger charge is 2.27. The fraction of sp³-hybridized carbons (Fsp3) is 0.643. The van der Waals surface area contributed by atoms with E-state index in [1.807, 2.05) is 17.0 Å². The molecule has 1 aliphatic carbocycles. The molecule has 1 saturated carbocycles. The van der Waals surface area contributed by atoms with E-state index in [2.05, 4.69) is 0 Å². The molecule has 0 unspecified atom stereocenters. The van der Waals surface area contributed by atoms with E-state index in [-0.39, 0.29) is 12.5 Å². The Morgan fingerprint density at radius 1 is 1.50 bits per heavy atom. The number of rotatable bonds is 8. The highest BCUT2D eigenvalue weighted by molar-refractivity contribution is 7.99. The van der Waals surface area contributed by atoms with Gasteiger partial charge >= 0.3 is 0 Å². The van der Waals surface area contributed by atoms with Crippen molar-refractivity contribution in [1.82, 2.24) is 4.90 Å². The number of aliphatic hydroxyl groups is 1. The number of amides is 1. The van der Waals surface area contributed by atoms with Gasteiger partial charge in [-0.3, -0.25) is 4.79 Å². The van der Waals surface area contributed by atoms with Crippen molar-refractivity contribution in [2.24, 2.45) is 0 Å². The summed E-state index contributed by atoms with van der Waals surface area (Å²) >= 11 is 9.10. The first kappa shape index (κ1) is 16.1. The molecule has 1 aromatic rings. The predicted molar refractivity (Wildman–Crippen MR) is 86.5 cm³/mol. The van der Waals surface area contributed by atoms with Gasteiger partial charge in [0.2, 0.25) is 5.91 Å². The molecule has 112 valence electrons. The zero-order chi connectivity index (χ0) is 14.4. The Bertz CT molecular complexity index is 435. The van der Waals surface area contributed by atoms with E-state index in [1.165, 1.54) is 11.3 Å². The lowest BCUT2D eigenvalue weighted by Gasteiger charge is -2.37. The van der Waals surface area contributed by atoms with Crippen molar-refractivity contribution >= 4 is 40.6 Å². The molecule has 1 heterocycles. The second-order valence-corrected chi connectivity index (χ2v) is 7.73. The smallest absolute Gasteiger partial charge is 0.232 e. The van der Waals surface area contributed by atoms with Gasteiger partial charge in [0, 0.05) is 29.8 Å². The Morgan fingerprint density at radius 3 is 2.85 bits per heavy atom. The van der Waals surface area contributed by atoms with Gasteiger partial charge in [0.1, 0.15) is 0 Å². The number of carbonyl (C=O) groups excluding carboxylic acids is 1. The van der Waals surface area contributed by atoms with Crippen LogP contribution in [0.5, 0.6) is 0 Å². The number of hydrogen-bond donors (Lipinski definition) is 1. The first-order valence-electron chi connectivity index (χ1n) is 6.93. The third kappa shape index (κ3) is 4.65. The summed E-state index contributed by atoms with van der Waals surface area (Å²) in [6, 6.07) is 4.32. The Morgan fingerprint density at radius 2 is 2.30 bits per heavy atom. The van der Waals surface area contributed by atoms with Crippen molar-refractivity contribution < 1.29 is 9.90 Å². The molecule has 1 aromatic heterocycles. The molecule has 1 N–H and O–H groups in total. The molecule has 1 fully saturated rings. The maximum Gasteiger partial charge on any atom is 0.232 e. The molecular weight excluding hydrogens is 314 g/mol. The largest absolute Gasteiger partial charge is 0.396 e. The molecular formula is C14H20ClNO2S2. The molecule has 2 rings (SSSR count). The molecule has 0 bridgehead atoms. The first-order chi connectivity index (χ1) is 9.70. The fourth-order valence-corrected chi connectivity index (χ4v) is 4.31. The Hall–Kier alpha value is -0.230. The van der Waals surface area contributed by atoms with Crippen molar-refractivity contribution in [2.75, 3.05) is 18.9 Å². The highest BCUT2D eigenvalue weighted by Crippen LogP contribution is 2.27. The summed E-state index contributed by atoms with van der Waals surface area (Å²) in [5, 5.41) is 8.94. The molecule has 0 spiro atoms.